The van der Waals surface area contributed by atoms with E-state index < -0.39 is 34.6 Å². The molecule has 1 aliphatic carbocycles. The molecule has 0 bridgehead atoms. The van der Waals surface area contributed by atoms with Crippen molar-refractivity contribution in [1.82, 2.24) is 4.57 Å². The molecule has 0 unspecified atom stereocenters. The molecule has 0 spiro atoms. The first-order valence-electron chi connectivity index (χ1n) is 8.67. The summed E-state index contributed by atoms with van der Waals surface area (Å²) in [5.41, 5.74) is 4.23. The number of ether oxygens (including phenoxy) is 1. The minimum Gasteiger partial charge on any atom is -0.477 e. The minimum atomic E-state index is -1.42. The van der Waals surface area contributed by atoms with Crippen LogP contribution in [0.25, 0.3) is 10.9 Å². The van der Waals surface area contributed by atoms with Gasteiger partial charge in [0.15, 0.2) is 5.82 Å². The van der Waals surface area contributed by atoms with Crippen LogP contribution in [0.15, 0.2) is 17.1 Å². The number of nitrogens with zero attached hydrogens (tertiary/aromatic N) is 2. The standard InChI is InChI=1S/C18H19F2N3O4/c1-27-13-7-22(6-12(13)21)16-11(19)4-9-15(14(16)20)23(8-2-3-8)5-10(17(9)24)18(25)26/h4-5,8,12-13H,2-3,6-7,21H2,1H3,(H,25,26)/t12-,13-/m1/s1. The van der Waals surface area contributed by atoms with E-state index in [0.717, 1.165) is 25.1 Å². The van der Waals surface area contributed by atoms with E-state index in [1.54, 1.807) is 0 Å². The molecule has 144 valence electrons. The van der Waals surface area contributed by atoms with Crippen LogP contribution in [-0.2, 0) is 4.74 Å². The van der Waals surface area contributed by atoms with E-state index in [0.29, 0.717) is 0 Å². The predicted molar refractivity (Wildman–Crippen MR) is 94.3 cm³/mol. The van der Waals surface area contributed by atoms with Crippen LogP contribution < -0.4 is 16.1 Å². The SMILES string of the molecule is CO[C@@H]1CN(c2c(F)cc3c(=O)c(C(=O)O)cn(C4CC4)c3c2F)C[C@H]1N. The molecule has 0 amide bonds. The van der Waals surface area contributed by atoms with Crippen LogP contribution in [0.2, 0.25) is 0 Å². The lowest BCUT2D eigenvalue weighted by molar-refractivity contribution is 0.0694. The highest BCUT2D eigenvalue weighted by atomic mass is 19.1. The Morgan fingerprint density at radius 2 is 2.04 bits per heavy atom. The largest absolute Gasteiger partial charge is 0.477 e. The minimum absolute atomic E-state index is 0.0710. The Morgan fingerprint density at radius 3 is 2.59 bits per heavy atom. The number of pyridine rings is 1. The predicted octanol–water partition coefficient (Wildman–Crippen LogP) is 1.48. The third kappa shape index (κ3) is 2.78. The Bertz CT molecular complexity index is 1000. The third-order valence-corrected chi connectivity index (χ3v) is 5.28. The van der Waals surface area contributed by atoms with Crippen LogP contribution in [0.4, 0.5) is 14.5 Å². The van der Waals surface area contributed by atoms with E-state index in [4.69, 9.17) is 10.5 Å². The van der Waals surface area contributed by atoms with Crippen molar-refractivity contribution in [2.75, 3.05) is 25.1 Å². The second kappa shape index (κ2) is 6.28. The number of nitrogens with two attached hydrogens (primary N) is 1. The lowest BCUT2D eigenvalue weighted by Gasteiger charge is -2.22. The molecule has 2 fully saturated rings. The fourth-order valence-corrected chi connectivity index (χ4v) is 3.75. The second-order valence-corrected chi connectivity index (χ2v) is 7.08. The molecule has 2 aliphatic rings. The number of aromatic nitrogens is 1. The normalized spacial score (nSPS) is 22.6. The number of benzene rings is 1. The molecule has 1 aliphatic heterocycles. The Kier molecular flexibility index (Phi) is 4.15. The van der Waals surface area contributed by atoms with Gasteiger partial charge in [0.1, 0.15) is 17.1 Å². The van der Waals surface area contributed by atoms with E-state index in [-0.39, 0.29) is 41.8 Å². The van der Waals surface area contributed by atoms with E-state index in [1.807, 2.05) is 0 Å². The first-order valence-corrected chi connectivity index (χ1v) is 8.67. The second-order valence-electron chi connectivity index (χ2n) is 7.08. The fraction of sp³-hybridized carbons (Fsp3) is 0.444. The molecule has 4 rings (SSSR count). The van der Waals surface area contributed by atoms with Crippen LogP contribution in [0.3, 0.4) is 0 Å². The van der Waals surface area contributed by atoms with Crippen LogP contribution in [0.1, 0.15) is 29.2 Å². The average Bonchev–Trinajstić information content (AvgIpc) is 3.38. The molecular formula is C18H19F2N3O4. The molecule has 3 N–H and O–H groups in total. The smallest absolute Gasteiger partial charge is 0.341 e. The van der Waals surface area contributed by atoms with Crippen molar-refractivity contribution in [3.05, 3.63) is 39.7 Å². The van der Waals surface area contributed by atoms with Crippen molar-refractivity contribution >= 4 is 22.6 Å². The van der Waals surface area contributed by atoms with Crippen LogP contribution in [0, 0.1) is 11.6 Å². The van der Waals surface area contributed by atoms with Crippen LogP contribution in [0.5, 0.6) is 0 Å². The van der Waals surface area contributed by atoms with Gasteiger partial charge >= 0.3 is 5.97 Å². The Balaban J connectivity index is 1.96. The summed E-state index contributed by atoms with van der Waals surface area (Å²) in [7, 11) is 1.49. The number of rotatable bonds is 4. The van der Waals surface area contributed by atoms with Gasteiger partial charge in [-0.2, -0.15) is 0 Å². The van der Waals surface area contributed by atoms with E-state index in [9.17, 15) is 19.1 Å². The van der Waals surface area contributed by atoms with Crippen molar-refractivity contribution in [3.8, 4) is 0 Å². The summed E-state index contributed by atoms with van der Waals surface area (Å²) in [6, 6.07) is 0.420. The Labute approximate surface area is 152 Å². The van der Waals surface area contributed by atoms with Gasteiger partial charge in [-0.1, -0.05) is 0 Å². The number of halogens is 2. The number of carbonyl (C=O) groups is 1. The van der Waals surface area contributed by atoms with Crippen molar-refractivity contribution in [1.29, 1.82) is 0 Å². The molecular weight excluding hydrogens is 360 g/mol. The lowest BCUT2D eigenvalue weighted by atomic mass is 10.1. The topological polar surface area (TPSA) is 97.8 Å². The first-order chi connectivity index (χ1) is 12.8. The van der Waals surface area contributed by atoms with Gasteiger partial charge in [0.05, 0.1) is 23.0 Å². The van der Waals surface area contributed by atoms with Crippen LogP contribution >= 0.6 is 0 Å². The van der Waals surface area contributed by atoms with Crippen molar-refractivity contribution in [2.45, 2.75) is 31.0 Å². The number of fused-ring (bicyclic) bond motifs is 1. The summed E-state index contributed by atoms with van der Waals surface area (Å²) in [6.45, 7) is 0.427. The van der Waals surface area contributed by atoms with Crippen molar-refractivity contribution < 1.29 is 23.4 Å². The first kappa shape index (κ1) is 17.9. The lowest BCUT2D eigenvalue weighted by Crippen LogP contribution is -2.34. The van der Waals surface area contributed by atoms with Gasteiger partial charge in [-0.25, -0.2) is 13.6 Å². The molecule has 1 saturated carbocycles. The molecule has 0 radical (unpaired) electrons. The zero-order chi connectivity index (χ0) is 19.5. The molecule has 2 aromatic rings. The highest BCUT2D eigenvalue weighted by Crippen LogP contribution is 2.40. The Morgan fingerprint density at radius 1 is 1.33 bits per heavy atom. The molecule has 27 heavy (non-hydrogen) atoms. The Hall–Kier alpha value is -2.52. The van der Waals surface area contributed by atoms with Gasteiger partial charge in [-0.05, 0) is 18.9 Å². The monoisotopic (exact) mass is 379 g/mol. The van der Waals surface area contributed by atoms with Gasteiger partial charge in [0.2, 0.25) is 5.43 Å². The summed E-state index contributed by atoms with van der Waals surface area (Å²) in [5, 5.41) is 9.00. The number of carboxylic acids is 1. The van der Waals surface area contributed by atoms with E-state index >= 15 is 4.39 Å². The molecule has 9 heteroatoms. The molecule has 7 nitrogen and oxygen atoms in total. The zero-order valence-electron chi connectivity index (χ0n) is 14.6. The fourth-order valence-electron chi connectivity index (χ4n) is 3.75. The molecule has 1 aromatic carbocycles. The number of aromatic carboxylic acids is 1. The number of carboxylic acid groups (broad SMARTS) is 1. The summed E-state index contributed by atoms with van der Waals surface area (Å²) in [5.74, 6) is -3.23. The average molecular weight is 379 g/mol. The summed E-state index contributed by atoms with van der Waals surface area (Å²) < 4.78 is 36.9. The van der Waals surface area contributed by atoms with Gasteiger partial charge in [-0.3, -0.25) is 4.79 Å². The van der Waals surface area contributed by atoms with Gasteiger partial charge < -0.3 is 25.0 Å². The zero-order valence-corrected chi connectivity index (χ0v) is 14.6. The quantitative estimate of drug-likeness (QED) is 0.835. The van der Waals surface area contributed by atoms with E-state index in [2.05, 4.69) is 0 Å². The molecule has 1 aromatic heterocycles. The number of methoxy groups -OCH3 is 1. The van der Waals surface area contributed by atoms with Crippen molar-refractivity contribution in [3.63, 3.8) is 0 Å². The molecule has 1 saturated heterocycles. The summed E-state index contributed by atoms with van der Waals surface area (Å²) >= 11 is 0. The van der Waals surface area contributed by atoms with Gasteiger partial charge in [0, 0.05) is 32.4 Å². The van der Waals surface area contributed by atoms with Crippen LogP contribution in [-0.4, -0.2) is 48.0 Å². The van der Waals surface area contributed by atoms with Gasteiger partial charge in [0.25, 0.3) is 0 Å². The third-order valence-electron chi connectivity index (χ3n) is 5.28. The molecule has 2 heterocycles. The summed E-state index contributed by atoms with van der Waals surface area (Å²) in [6.07, 6.45) is 2.27. The summed E-state index contributed by atoms with van der Waals surface area (Å²) in [4.78, 5) is 25.3. The maximum Gasteiger partial charge on any atom is 0.341 e. The number of hydrogen-bond acceptors (Lipinski definition) is 5. The van der Waals surface area contributed by atoms with Crippen molar-refractivity contribution in [2.24, 2.45) is 5.73 Å². The highest BCUT2D eigenvalue weighted by Gasteiger charge is 2.35. The molecule has 2 atom stereocenters. The number of hydrogen-bond donors (Lipinski definition) is 2. The number of anilines is 1. The highest BCUT2D eigenvalue weighted by molar-refractivity contribution is 5.94. The van der Waals surface area contributed by atoms with Gasteiger partial charge in [-0.15, -0.1) is 0 Å². The maximum atomic E-state index is 15.4. The maximum absolute atomic E-state index is 15.4. The van der Waals surface area contributed by atoms with E-state index in [1.165, 1.54) is 16.6 Å².